The number of hydrogen-bond acceptors (Lipinski definition) is 8. The number of rotatable bonds is 5. The summed E-state index contributed by atoms with van der Waals surface area (Å²) in [5, 5.41) is 26.0. The first kappa shape index (κ1) is 22.2. The Morgan fingerprint density at radius 1 is 1.25 bits per heavy atom. The second kappa shape index (κ2) is 9.22. The summed E-state index contributed by atoms with van der Waals surface area (Å²) >= 11 is 8.84. The highest BCUT2D eigenvalue weighted by Crippen LogP contribution is 2.38. The van der Waals surface area contributed by atoms with Crippen molar-refractivity contribution in [2.75, 3.05) is 38.0 Å². The van der Waals surface area contributed by atoms with E-state index in [-0.39, 0.29) is 24.0 Å². The molecule has 3 aromatic rings. The highest BCUT2D eigenvalue weighted by molar-refractivity contribution is 7.21. The van der Waals surface area contributed by atoms with Crippen LogP contribution in [0.4, 0.5) is 10.7 Å². The van der Waals surface area contributed by atoms with E-state index < -0.39 is 4.92 Å². The highest BCUT2D eigenvalue weighted by Gasteiger charge is 2.27. The maximum absolute atomic E-state index is 13.0. The van der Waals surface area contributed by atoms with Crippen LogP contribution in [0, 0.1) is 21.4 Å². The van der Waals surface area contributed by atoms with Crippen LogP contribution >= 0.6 is 34.3 Å². The Kier molecular flexibility index (Phi) is 6.38. The lowest BCUT2D eigenvalue weighted by atomic mass is 10.2. The zero-order valence-electron chi connectivity index (χ0n) is 16.5. The molecule has 1 fully saturated rings. The molecule has 12 heteroatoms. The molecule has 32 heavy (non-hydrogen) atoms. The minimum Gasteiger partial charge on any atom is -0.335 e. The molecule has 1 aliphatic rings. The second-order valence-corrected chi connectivity index (χ2v) is 9.42. The van der Waals surface area contributed by atoms with Crippen LogP contribution in [0.2, 0.25) is 5.02 Å². The lowest BCUT2D eigenvalue weighted by Crippen LogP contribution is -2.50. The first-order chi connectivity index (χ1) is 15.4. The molecule has 0 atom stereocenters. The fourth-order valence-electron chi connectivity index (χ4n) is 3.42. The minimum absolute atomic E-state index is 0.0502. The number of halogens is 1. The zero-order valence-corrected chi connectivity index (χ0v) is 18.9. The van der Waals surface area contributed by atoms with Crippen molar-refractivity contribution in [3.63, 3.8) is 0 Å². The number of hydrogen-bond donors (Lipinski definition) is 1. The van der Waals surface area contributed by atoms with Crippen molar-refractivity contribution in [3.8, 4) is 6.07 Å². The monoisotopic (exact) mass is 489 g/mol. The van der Waals surface area contributed by atoms with Crippen LogP contribution in [0.25, 0.3) is 10.1 Å². The summed E-state index contributed by atoms with van der Waals surface area (Å²) in [5.74, 6) is -0.432. The standard InChI is InChI=1S/C20H16ClN5O4S2/c21-17-14-2-1-13(26(29)30)9-15(14)32-18(17)20(28)25-6-4-24(5-7-25)11-16(27)23-19-12(10-22)3-8-31-19/h1-3,8-9H,4-7,11H2,(H,23,27). The van der Waals surface area contributed by atoms with Crippen molar-refractivity contribution < 1.29 is 14.5 Å². The van der Waals surface area contributed by atoms with Gasteiger partial charge in [0.15, 0.2) is 0 Å². The van der Waals surface area contributed by atoms with Crippen molar-refractivity contribution >= 4 is 66.9 Å². The van der Waals surface area contributed by atoms with Gasteiger partial charge in [0, 0.05) is 48.4 Å². The van der Waals surface area contributed by atoms with Crippen LogP contribution in [0.3, 0.4) is 0 Å². The van der Waals surface area contributed by atoms with Gasteiger partial charge in [-0.1, -0.05) is 11.6 Å². The van der Waals surface area contributed by atoms with E-state index >= 15 is 0 Å². The SMILES string of the molecule is N#Cc1ccsc1NC(=O)CN1CCN(C(=O)c2sc3cc([N+](=O)[O-])ccc3c2Cl)CC1. The van der Waals surface area contributed by atoms with E-state index in [1.54, 1.807) is 22.4 Å². The van der Waals surface area contributed by atoms with Crippen molar-refractivity contribution in [2.24, 2.45) is 0 Å². The molecule has 0 aliphatic carbocycles. The number of nitriles is 1. The highest BCUT2D eigenvalue weighted by atomic mass is 35.5. The summed E-state index contributed by atoms with van der Waals surface area (Å²) in [6.07, 6.45) is 0. The van der Waals surface area contributed by atoms with Crippen molar-refractivity contribution in [1.29, 1.82) is 5.26 Å². The van der Waals surface area contributed by atoms with Crippen molar-refractivity contribution in [1.82, 2.24) is 9.80 Å². The van der Waals surface area contributed by atoms with E-state index in [1.807, 2.05) is 11.0 Å². The van der Waals surface area contributed by atoms with Crippen LogP contribution in [-0.2, 0) is 4.79 Å². The van der Waals surface area contributed by atoms with Gasteiger partial charge < -0.3 is 10.2 Å². The number of nitrogens with zero attached hydrogens (tertiary/aromatic N) is 4. The normalized spacial score (nSPS) is 14.3. The van der Waals surface area contributed by atoms with Crippen LogP contribution in [0.5, 0.6) is 0 Å². The van der Waals surface area contributed by atoms with Gasteiger partial charge in [-0.15, -0.1) is 22.7 Å². The summed E-state index contributed by atoms with van der Waals surface area (Å²) in [6.45, 7) is 2.06. The minimum atomic E-state index is -0.483. The van der Waals surface area contributed by atoms with Crippen LogP contribution < -0.4 is 5.32 Å². The average molecular weight is 490 g/mol. The van der Waals surface area contributed by atoms with E-state index in [4.69, 9.17) is 16.9 Å². The van der Waals surface area contributed by atoms with E-state index in [0.717, 1.165) is 11.3 Å². The topological polar surface area (TPSA) is 120 Å². The number of carbonyl (C=O) groups excluding carboxylic acids is 2. The molecule has 1 aromatic carbocycles. The fourth-order valence-corrected chi connectivity index (χ4v) is 5.69. The Bertz CT molecular complexity index is 1260. The number of nitro benzene ring substituents is 1. The molecule has 0 radical (unpaired) electrons. The van der Waals surface area contributed by atoms with Crippen LogP contribution in [0.1, 0.15) is 15.2 Å². The van der Waals surface area contributed by atoms with Crippen molar-refractivity contribution in [3.05, 3.63) is 55.2 Å². The molecule has 4 rings (SSSR count). The summed E-state index contributed by atoms with van der Waals surface area (Å²) in [4.78, 5) is 39.8. The molecule has 1 saturated heterocycles. The van der Waals surface area contributed by atoms with E-state index in [2.05, 4.69) is 5.32 Å². The lowest BCUT2D eigenvalue weighted by Gasteiger charge is -2.34. The number of piperazine rings is 1. The summed E-state index contributed by atoms with van der Waals surface area (Å²) < 4.78 is 0.591. The molecule has 2 aromatic heterocycles. The third-order valence-electron chi connectivity index (χ3n) is 5.08. The number of anilines is 1. The predicted molar refractivity (Wildman–Crippen MR) is 123 cm³/mol. The van der Waals surface area contributed by atoms with E-state index in [0.29, 0.717) is 56.7 Å². The number of nitrogens with one attached hydrogen (secondary N) is 1. The molecule has 9 nitrogen and oxygen atoms in total. The molecule has 1 N–H and O–H groups in total. The summed E-state index contributed by atoms with van der Waals surface area (Å²) in [5.41, 5.74) is 0.384. The molecule has 164 valence electrons. The average Bonchev–Trinajstić information content (AvgIpc) is 3.37. The van der Waals surface area contributed by atoms with Crippen LogP contribution in [0.15, 0.2) is 29.6 Å². The van der Waals surface area contributed by atoms with Gasteiger partial charge in [-0.2, -0.15) is 5.26 Å². The van der Waals surface area contributed by atoms with Gasteiger partial charge in [-0.05, 0) is 17.5 Å². The largest absolute Gasteiger partial charge is 0.335 e. The first-order valence-electron chi connectivity index (χ1n) is 9.53. The van der Waals surface area contributed by atoms with Gasteiger partial charge in [-0.25, -0.2) is 0 Å². The molecule has 0 unspecified atom stereocenters. The molecule has 3 heterocycles. The fraction of sp³-hybridized carbons (Fsp3) is 0.250. The smallest absolute Gasteiger partial charge is 0.270 e. The predicted octanol–water partition coefficient (Wildman–Crippen LogP) is 3.79. The Balaban J connectivity index is 1.37. The van der Waals surface area contributed by atoms with Gasteiger partial charge in [0.25, 0.3) is 11.6 Å². The molecular weight excluding hydrogens is 474 g/mol. The maximum atomic E-state index is 13.0. The molecular formula is C20H16ClN5O4S2. The van der Waals surface area contributed by atoms with Gasteiger partial charge in [-0.3, -0.25) is 24.6 Å². The van der Waals surface area contributed by atoms with Gasteiger partial charge in [0.05, 0.1) is 22.1 Å². The third-order valence-corrected chi connectivity index (χ3v) is 7.56. The number of carbonyl (C=O) groups is 2. The first-order valence-corrected chi connectivity index (χ1v) is 11.6. The number of fused-ring (bicyclic) bond motifs is 1. The van der Waals surface area contributed by atoms with Crippen molar-refractivity contribution in [2.45, 2.75) is 0 Å². The number of nitro groups is 1. The Hall–Kier alpha value is -3.04. The summed E-state index contributed by atoms with van der Waals surface area (Å²) in [6, 6.07) is 8.04. The summed E-state index contributed by atoms with van der Waals surface area (Å²) in [7, 11) is 0. The third kappa shape index (κ3) is 4.44. The molecule has 0 spiro atoms. The maximum Gasteiger partial charge on any atom is 0.270 e. The number of thiophene rings is 2. The Morgan fingerprint density at radius 3 is 2.69 bits per heavy atom. The number of non-ortho nitro benzene ring substituents is 1. The molecule has 2 amide bonds. The Morgan fingerprint density at radius 2 is 2.00 bits per heavy atom. The number of amides is 2. The number of benzene rings is 1. The molecule has 0 bridgehead atoms. The Labute approximate surface area is 195 Å². The second-order valence-electron chi connectivity index (χ2n) is 7.07. The van der Waals surface area contributed by atoms with Crippen LogP contribution in [-0.4, -0.2) is 59.3 Å². The van der Waals surface area contributed by atoms with Gasteiger partial charge in [0.1, 0.15) is 15.9 Å². The quantitative estimate of drug-likeness (QED) is 0.430. The zero-order chi connectivity index (χ0) is 22.8. The van der Waals surface area contributed by atoms with E-state index in [1.165, 1.54) is 23.5 Å². The lowest BCUT2D eigenvalue weighted by molar-refractivity contribution is -0.384. The molecule has 0 saturated carbocycles. The van der Waals surface area contributed by atoms with Gasteiger partial charge in [0.2, 0.25) is 5.91 Å². The van der Waals surface area contributed by atoms with E-state index in [9.17, 15) is 19.7 Å². The van der Waals surface area contributed by atoms with Gasteiger partial charge >= 0.3 is 0 Å². The molecule has 1 aliphatic heterocycles.